The van der Waals surface area contributed by atoms with E-state index in [-0.39, 0.29) is 6.04 Å². The van der Waals surface area contributed by atoms with Crippen molar-refractivity contribution in [1.82, 2.24) is 4.31 Å². The Morgan fingerprint density at radius 1 is 1.33 bits per heavy atom. The highest BCUT2D eigenvalue weighted by atomic mass is 79.9. The molecule has 1 rings (SSSR count). The number of rotatable bonds is 4. The first kappa shape index (κ1) is 15.7. The van der Waals surface area contributed by atoms with Crippen molar-refractivity contribution in [3.63, 3.8) is 0 Å². The number of anilines is 2. The fourth-order valence-corrected chi connectivity index (χ4v) is 3.85. The maximum Gasteiger partial charge on any atom is 0.301 e. The Kier molecular flexibility index (Phi) is 5.05. The predicted molar refractivity (Wildman–Crippen MR) is 81.7 cm³/mol. The topological polar surface area (TPSA) is 75.4 Å². The van der Waals surface area contributed by atoms with Crippen molar-refractivity contribution in [3.8, 4) is 0 Å². The third-order valence-corrected chi connectivity index (χ3v) is 5.15. The zero-order valence-electron chi connectivity index (χ0n) is 10.2. The van der Waals surface area contributed by atoms with E-state index < -0.39 is 10.2 Å². The molecule has 1 aromatic carbocycles. The molecule has 0 aliphatic carbocycles. The molecule has 0 radical (unpaired) electrons. The lowest BCUT2D eigenvalue weighted by atomic mass is 10.3. The highest BCUT2D eigenvalue weighted by Gasteiger charge is 2.22. The van der Waals surface area contributed by atoms with E-state index in [1.54, 1.807) is 26.0 Å². The van der Waals surface area contributed by atoms with Gasteiger partial charge in [0.1, 0.15) is 0 Å². The standard InChI is InChI=1S/C10H15Br2N3O2S/c1-6(2)15(3)18(16,17)14-10-8(12)4-7(11)5-9(10)13/h4-6,14H,13H2,1-3H3. The molecule has 0 aromatic heterocycles. The third-order valence-electron chi connectivity index (χ3n) is 2.42. The van der Waals surface area contributed by atoms with E-state index in [1.165, 1.54) is 11.4 Å². The second-order valence-corrected chi connectivity index (χ2v) is 7.57. The van der Waals surface area contributed by atoms with Crippen molar-refractivity contribution in [1.29, 1.82) is 0 Å². The van der Waals surface area contributed by atoms with Gasteiger partial charge in [-0.05, 0) is 41.9 Å². The van der Waals surface area contributed by atoms with Crippen LogP contribution in [0.4, 0.5) is 11.4 Å². The summed E-state index contributed by atoms with van der Waals surface area (Å²) in [4.78, 5) is 0. The maximum absolute atomic E-state index is 12.1. The highest BCUT2D eigenvalue weighted by molar-refractivity contribution is 9.11. The van der Waals surface area contributed by atoms with Gasteiger partial charge in [0.15, 0.2) is 0 Å². The summed E-state index contributed by atoms with van der Waals surface area (Å²) >= 11 is 6.56. The Morgan fingerprint density at radius 2 is 1.89 bits per heavy atom. The summed E-state index contributed by atoms with van der Waals surface area (Å²) in [7, 11) is -2.10. The minimum Gasteiger partial charge on any atom is -0.397 e. The van der Waals surface area contributed by atoms with E-state index in [4.69, 9.17) is 5.73 Å². The van der Waals surface area contributed by atoms with Gasteiger partial charge in [-0.2, -0.15) is 12.7 Å². The van der Waals surface area contributed by atoms with E-state index in [0.717, 1.165) is 4.47 Å². The lowest BCUT2D eigenvalue weighted by molar-refractivity contribution is 0.414. The van der Waals surface area contributed by atoms with E-state index in [1.807, 2.05) is 0 Å². The molecule has 5 nitrogen and oxygen atoms in total. The molecule has 0 spiro atoms. The fourth-order valence-electron chi connectivity index (χ4n) is 1.18. The van der Waals surface area contributed by atoms with Crippen molar-refractivity contribution < 1.29 is 8.42 Å². The molecule has 0 heterocycles. The lowest BCUT2D eigenvalue weighted by Crippen LogP contribution is -2.37. The zero-order valence-corrected chi connectivity index (χ0v) is 14.2. The summed E-state index contributed by atoms with van der Waals surface area (Å²) in [5.74, 6) is 0. The van der Waals surface area contributed by atoms with Crippen molar-refractivity contribution >= 4 is 53.4 Å². The van der Waals surface area contributed by atoms with Crippen LogP contribution in [0, 0.1) is 0 Å². The molecule has 0 atom stereocenters. The van der Waals surface area contributed by atoms with Crippen molar-refractivity contribution in [2.75, 3.05) is 17.5 Å². The molecule has 0 amide bonds. The highest BCUT2D eigenvalue weighted by Crippen LogP contribution is 2.33. The first-order valence-corrected chi connectivity index (χ1v) is 8.18. The molecule has 102 valence electrons. The number of nitrogens with one attached hydrogen (secondary N) is 1. The molecule has 18 heavy (non-hydrogen) atoms. The fraction of sp³-hybridized carbons (Fsp3) is 0.400. The second-order valence-electron chi connectivity index (χ2n) is 4.07. The summed E-state index contributed by atoms with van der Waals surface area (Å²) in [5, 5.41) is 0. The molecular formula is C10H15Br2N3O2S. The third kappa shape index (κ3) is 3.59. The second kappa shape index (κ2) is 5.77. The van der Waals surface area contributed by atoms with Gasteiger partial charge in [-0.15, -0.1) is 0 Å². The van der Waals surface area contributed by atoms with Crippen molar-refractivity contribution in [3.05, 3.63) is 21.1 Å². The molecule has 1 aromatic rings. The average molecular weight is 401 g/mol. The Morgan fingerprint density at radius 3 is 2.33 bits per heavy atom. The molecule has 0 saturated carbocycles. The Hall–Kier alpha value is -0.310. The largest absolute Gasteiger partial charge is 0.397 e. The summed E-state index contributed by atoms with van der Waals surface area (Å²) in [5.41, 5.74) is 6.48. The number of halogens is 2. The summed E-state index contributed by atoms with van der Waals surface area (Å²) in [6.45, 7) is 3.58. The van der Waals surface area contributed by atoms with Crippen LogP contribution in [-0.4, -0.2) is 25.8 Å². The Bertz CT molecular complexity index is 523. The Balaban J connectivity index is 3.13. The van der Waals surface area contributed by atoms with Crippen LogP contribution < -0.4 is 10.5 Å². The molecule has 3 N–H and O–H groups in total. The van der Waals surface area contributed by atoms with Gasteiger partial charge in [-0.3, -0.25) is 4.72 Å². The summed E-state index contributed by atoms with van der Waals surface area (Å²) < 4.78 is 29.2. The molecule has 0 saturated heterocycles. The molecule has 0 aliphatic rings. The van der Waals surface area contributed by atoms with Crippen LogP contribution in [0.5, 0.6) is 0 Å². The lowest BCUT2D eigenvalue weighted by Gasteiger charge is -2.22. The number of hydrogen-bond donors (Lipinski definition) is 2. The van der Waals surface area contributed by atoms with Gasteiger partial charge in [0.25, 0.3) is 0 Å². The van der Waals surface area contributed by atoms with E-state index in [2.05, 4.69) is 36.6 Å². The van der Waals surface area contributed by atoms with E-state index in [9.17, 15) is 8.42 Å². The van der Waals surface area contributed by atoms with Gasteiger partial charge >= 0.3 is 10.2 Å². The van der Waals surface area contributed by atoms with E-state index in [0.29, 0.717) is 15.8 Å². The van der Waals surface area contributed by atoms with Gasteiger partial charge in [0, 0.05) is 22.0 Å². The minimum absolute atomic E-state index is 0.141. The molecule has 0 unspecified atom stereocenters. The zero-order chi connectivity index (χ0) is 14.1. The first-order valence-electron chi connectivity index (χ1n) is 5.15. The number of benzene rings is 1. The monoisotopic (exact) mass is 399 g/mol. The van der Waals surface area contributed by atoms with Gasteiger partial charge < -0.3 is 5.73 Å². The maximum atomic E-state index is 12.1. The minimum atomic E-state index is -3.61. The van der Waals surface area contributed by atoms with Crippen LogP contribution in [0.25, 0.3) is 0 Å². The predicted octanol–water partition coefficient (Wildman–Crippen LogP) is 2.79. The van der Waals surface area contributed by atoms with E-state index >= 15 is 0 Å². The first-order chi connectivity index (χ1) is 8.15. The SMILES string of the molecule is CC(C)N(C)S(=O)(=O)Nc1c(N)cc(Br)cc1Br. The van der Waals surface area contributed by atoms with Crippen LogP contribution in [0.3, 0.4) is 0 Å². The number of nitrogens with zero attached hydrogens (tertiary/aromatic N) is 1. The summed E-state index contributed by atoms with van der Waals surface area (Å²) in [6.07, 6.45) is 0. The molecule has 8 heteroatoms. The van der Waals surface area contributed by atoms with Gasteiger partial charge in [0.2, 0.25) is 0 Å². The molecule has 0 fully saturated rings. The number of nitrogen functional groups attached to an aromatic ring is 1. The normalized spacial score (nSPS) is 12.2. The van der Waals surface area contributed by atoms with Crippen LogP contribution >= 0.6 is 31.9 Å². The number of nitrogens with two attached hydrogens (primary N) is 1. The van der Waals surface area contributed by atoms with Crippen molar-refractivity contribution in [2.45, 2.75) is 19.9 Å². The molecule has 0 bridgehead atoms. The molecular weight excluding hydrogens is 386 g/mol. The van der Waals surface area contributed by atoms with Gasteiger partial charge in [-0.1, -0.05) is 15.9 Å². The average Bonchev–Trinajstić information content (AvgIpc) is 2.22. The van der Waals surface area contributed by atoms with Crippen LogP contribution in [0.1, 0.15) is 13.8 Å². The van der Waals surface area contributed by atoms with Gasteiger partial charge in [0.05, 0.1) is 11.4 Å². The van der Waals surface area contributed by atoms with Gasteiger partial charge in [-0.25, -0.2) is 0 Å². The quantitative estimate of drug-likeness (QED) is 0.763. The molecule has 0 aliphatic heterocycles. The van der Waals surface area contributed by atoms with Crippen LogP contribution in [0.15, 0.2) is 21.1 Å². The van der Waals surface area contributed by atoms with Crippen LogP contribution in [0.2, 0.25) is 0 Å². The smallest absolute Gasteiger partial charge is 0.301 e. The van der Waals surface area contributed by atoms with Crippen LogP contribution in [-0.2, 0) is 10.2 Å². The Labute approximate surface area is 124 Å². The number of hydrogen-bond acceptors (Lipinski definition) is 3. The van der Waals surface area contributed by atoms with Crippen molar-refractivity contribution in [2.24, 2.45) is 0 Å². The summed E-state index contributed by atoms with van der Waals surface area (Å²) in [6, 6.07) is 3.22.